The molecule has 1 aromatic rings. The second kappa shape index (κ2) is 8.22. The Morgan fingerprint density at radius 3 is 2.57 bits per heavy atom. The first kappa shape index (κ1) is 22.6. The zero-order valence-corrected chi connectivity index (χ0v) is 19.4. The van der Waals surface area contributed by atoms with Crippen LogP contribution in [0.5, 0.6) is 0 Å². The first-order valence-corrected chi connectivity index (χ1v) is 12.4. The van der Waals surface area contributed by atoms with Crippen LogP contribution in [0.1, 0.15) is 31.9 Å². The molecular formula is C20H27N3O5S2. The Hall–Kier alpha value is -2.07. The Kier molecular flexibility index (Phi) is 6.20. The van der Waals surface area contributed by atoms with Gasteiger partial charge in [0.2, 0.25) is 0 Å². The number of benzene rings is 1. The molecule has 2 aliphatic rings. The van der Waals surface area contributed by atoms with Gasteiger partial charge in [0, 0.05) is 10.9 Å². The molecule has 0 unspecified atom stereocenters. The molecule has 0 radical (unpaired) electrons. The standard InChI is InChI=1S/C20H27N3O5S2/c1-12-6-7-14(8-13(12)2)23-15-10-30(26,27)11-16(15)29-18(23)22-17(24)9-21-19(25)28-20(3,4)5/h6-8,15-16H,9-11H2,1-5H3,(H,21,25)/t15-,16-/m0/s1. The number of ether oxygens (including phenoxy) is 1. The Balaban J connectivity index is 1.80. The van der Waals surface area contributed by atoms with Crippen molar-refractivity contribution in [2.24, 2.45) is 4.99 Å². The average Bonchev–Trinajstić information content (AvgIpc) is 3.05. The molecule has 8 nitrogen and oxygen atoms in total. The van der Waals surface area contributed by atoms with Gasteiger partial charge in [0.25, 0.3) is 5.91 Å². The van der Waals surface area contributed by atoms with E-state index < -0.39 is 27.4 Å². The SMILES string of the molecule is Cc1ccc(N2C(=NC(=O)CNC(=O)OC(C)(C)C)S[C@H]3CS(=O)(=O)C[C@@H]32)cc1C. The molecule has 0 aliphatic carbocycles. The summed E-state index contributed by atoms with van der Waals surface area (Å²) in [5.74, 6) is -0.436. The maximum Gasteiger partial charge on any atom is 0.408 e. The number of sulfone groups is 1. The van der Waals surface area contributed by atoms with Crippen molar-refractivity contribution in [3.05, 3.63) is 29.3 Å². The quantitative estimate of drug-likeness (QED) is 0.749. The van der Waals surface area contributed by atoms with E-state index in [4.69, 9.17) is 4.74 Å². The molecule has 2 amide bonds. The van der Waals surface area contributed by atoms with Gasteiger partial charge < -0.3 is 15.0 Å². The van der Waals surface area contributed by atoms with Crippen molar-refractivity contribution >= 4 is 44.5 Å². The topological polar surface area (TPSA) is 105 Å². The van der Waals surface area contributed by atoms with Crippen LogP contribution < -0.4 is 10.2 Å². The lowest BCUT2D eigenvalue weighted by Crippen LogP contribution is -2.38. The van der Waals surface area contributed by atoms with Gasteiger partial charge in [0.15, 0.2) is 15.0 Å². The van der Waals surface area contributed by atoms with Gasteiger partial charge in [-0.2, -0.15) is 4.99 Å². The Labute approximate surface area is 181 Å². The van der Waals surface area contributed by atoms with E-state index in [1.807, 2.05) is 36.9 Å². The lowest BCUT2D eigenvalue weighted by Gasteiger charge is -2.25. The van der Waals surface area contributed by atoms with E-state index in [0.717, 1.165) is 16.8 Å². The number of rotatable bonds is 3. The number of nitrogens with zero attached hydrogens (tertiary/aromatic N) is 2. The number of nitrogens with one attached hydrogen (secondary N) is 1. The number of hydrogen-bond donors (Lipinski definition) is 1. The van der Waals surface area contributed by atoms with Crippen LogP contribution >= 0.6 is 11.8 Å². The molecule has 30 heavy (non-hydrogen) atoms. The zero-order chi connectivity index (χ0) is 22.3. The third-order valence-electron chi connectivity index (χ3n) is 4.84. The summed E-state index contributed by atoms with van der Waals surface area (Å²) in [6.07, 6.45) is -0.691. The second-order valence-electron chi connectivity index (χ2n) is 8.58. The molecule has 0 spiro atoms. The molecule has 10 heteroatoms. The van der Waals surface area contributed by atoms with Crippen LogP contribution in [0.4, 0.5) is 10.5 Å². The van der Waals surface area contributed by atoms with Crippen LogP contribution in [0.25, 0.3) is 0 Å². The smallest absolute Gasteiger partial charge is 0.408 e. The van der Waals surface area contributed by atoms with Gasteiger partial charge >= 0.3 is 6.09 Å². The number of amides is 2. The minimum atomic E-state index is -3.13. The summed E-state index contributed by atoms with van der Waals surface area (Å²) in [5.41, 5.74) is 2.34. The number of alkyl carbamates (subject to hydrolysis) is 1. The molecule has 2 fully saturated rings. The molecule has 0 bridgehead atoms. The fourth-order valence-corrected chi connectivity index (χ4v) is 7.28. The van der Waals surface area contributed by atoms with Crippen molar-refractivity contribution in [3.63, 3.8) is 0 Å². The van der Waals surface area contributed by atoms with Crippen LogP contribution in [-0.4, -0.2) is 60.5 Å². The highest BCUT2D eigenvalue weighted by Crippen LogP contribution is 2.41. The van der Waals surface area contributed by atoms with E-state index in [1.165, 1.54) is 11.8 Å². The fourth-order valence-electron chi connectivity index (χ4n) is 3.35. The summed E-state index contributed by atoms with van der Waals surface area (Å²) in [5, 5.41) is 2.68. The summed E-state index contributed by atoms with van der Waals surface area (Å²) in [4.78, 5) is 30.2. The molecule has 2 heterocycles. The number of carbonyl (C=O) groups excluding carboxylic acids is 2. The lowest BCUT2D eigenvalue weighted by atomic mass is 10.1. The third kappa shape index (κ3) is 5.34. The van der Waals surface area contributed by atoms with E-state index in [-0.39, 0.29) is 29.3 Å². The van der Waals surface area contributed by atoms with Gasteiger partial charge in [-0.25, -0.2) is 13.2 Å². The van der Waals surface area contributed by atoms with Crippen molar-refractivity contribution in [1.29, 1.82) is 0 Å². The molecule has 3 rings (SSSR count). The predicted octanol–water partition coefficient (Wildman–Crippen LogP) is 2.43. The number of carbonyl (C=O) groups is 2. The van der Waals surface area contributed by atoms with Crippen molar-refractivity contribution in [2.45, 2.75) is 51.5 Å². The molecule has 164 valence electrons. The Bertz CT molecular complexity index is 998. The van der Waals surface area contributed by atoms with E-state index in [9.17, 15) is 18.0 Å². The number of amidine groups is 1. The van der Waals surface area contributed by atoms with Crippen LogP contribution in [0, 0.1) is 13.8 Å². The third-order valence-corrected chi connectivity index (χ3v) is 8.05. The molecule has 2 atom stereocenters. The number of hydrogen-bond acceptors (Lipinski definition) is 6. The molecule has 1 N–H and O–H groups in total. The number of aliphatic imine (C=N–C) groups is 1. The average molecular weight is 454 g/mol. The van der Waals surface area contributed by atoms with Crippen molar-refractivity contribution in [1.82, 2.24) is 5.32 Å². The van der Waals surface area contributed by atoms with Crippen LogP contribution in [-0.2, 0) is 19.4 Å². The van der Waals surface area contributed by atoms with Gasteiger partial charge in [0.05, 0.1) is 17.5 Å². The van der Waals surface area contributed by atoms with E-state index in [1.54, 1.807) is 20.8 Å². The molecule has 1 aromatic carbocycles. The van der Waals surface area contributed by atoms with Gasteiger partial charge in [-0.15, -0.1) is 0 Å². The highest BCUT2D eigenvalue weighted by molar-refractivity contribution is 8.16. The largest absolute Gasteiger partial charge is 0.444 e. The highest BCUT2D eigenvalue weighted by Gasteiger charge is 2.49. The van der Waals surface area contributed by atoms with E-state index in [2.05, 4.69) is 10.3 Å². The van der Waals surface area contributed by atoms with E-state index >= 15 is 0 Å². The molecule has 0 saturated carbocycles. The Morgan fingerprint density at radius 1 is 1.23 bits per heavy atom. The summed E-state index contributed by atoms with van der Waals surface area (Å²) in [6, 6.07) is 5.58. The number of anilines is 1. The number of fused-ring (bicyclic) bond motifs is 1. The van der Waals surface area contributed by atoms with Gasteiger partial charge in [-0.1, -0.05) is 17.8 Å². The molecule has 0 aromatic heterocycles. The maximum absolute atomic E-state index is 12.4. The monoisotopic (exact) mass is 453 g/mol. The van der Waals surface area contributed by atoms with Crippen LogP contribution in [0.2, 0.25) is 0 Å². The van der Waals surface area contributed by atoms with Gasteiger partial charge in [-0.3, -0.25) is 4.79 Å². The summed E-state index contributed by atoms with van der Waals surface area (Å²) in [7, 11) is -3.13. The molecule has 2 saturated heterocycles. The fraction of sp³-hybridized carbons (Fsp3) is 0.550. The van der Waals surface area contributed by atoms with Gasteiger partial charge in [-0.05, 0) is 57.9 Å². The van der Waals surface area contributed by atoms with E-state index in [0.29, 0.717) is 5.17 Å². The number of thioether (sulfide) groups is 1. The lowest BCUT2D eigenvalue weighted by molar-refractivity contribution is -0.117. The number of aryl methyl sites for hydroxylation is 2. The summed E-state index contributed by atoms with van der Waals surface area (Å²) < 4.78 is 29.4. The summed E-state index contributed by atoms with van der Waals surface area (Å²) in [6.45, 7) is 8.89. The molecular weight excluding hydrogens is 426 g/mol. The van der Waals surface area contributed by atoms with Crippen molar-refractivity contribution in [3.8, 4) is 0 Å². The first-order chi connectivity index (χ1) is 13.8. The van der Waals surface area contributed by atoms with Crippen molar-refractivity contribution < 1.29 is 22.7 Å². The maximum atomic E-state index is 12.4. The van der Waals surface area contributed by atoms with Gasteiger partial charge in [0.1, 0.15) is 12.1 Å². The van der Waals surface area contributed by atoms with Crippen LogP contribution in [0.15, 0.2) is 23.2 Å². The zero-order valence-electron chi connectivity index (χ0n) is 17.8. The van der Waals surface area contributed by atoms with Crippen LogP contribution in [0.3, 0.4) is 0 Å². The minimum absolute atomic E-state index is 0.0287. The second-order valence-corrected chi connectivity index (χ2v) is 11.9. The summed E-state index contributed by atoms with van der Waals surface area (Å²) >= 11 is 1.30. The molecule has 2 aliphatic heterocycles. The normalized spacial score (nSPS) is 24.0. The first-order valence-electron chi connectivity index (χ1n) is 9.66. The van der Waals surface area contributed by atoms with Crippen molar-refractivity contribution in [2.75, 3.05) is 23.0 Å². The Morgan fingerprint density at radius 2 is 1.93 bits per heavy atom. The predicted molar refractivity (Wildman–Crippen MR) is 119 cm³/mol. The highest BCUT2D eigenvalue weighted by atomic mass is 32.2. The minimum Gasteiger partial charge on any atom is -0.444 e.